The normalized spacial score (nSPS) is 18.7. The summed E-state index contributed by atoms with van der Waals surface area (Å²) < 4.78 is 7.68. The van der Waals surface area contributed by atoms with E-state index in [4.69, 9.17) is 34.3 Å². The Morgan fingerprint density at radius 1 is 0.927 bits per heavy atom. The van der Waals surface area contributed by atoms with Gasteiger partial charge in [-0.2, -0.15) is 0 Å². The highest BCUT2D eigenvalue weighted by Crippen LogP contribution is 2.29. The lowest BCUT2D eigenvalue weighted by Crippen LogP contribution is -2.43. The number of ether oxygens (including phenoxy) is 1. The fraction of sp³-hybridized carbons (Fsp3) is 0.348. The molecule has 3 heterocycles. The van der Waals surface area contributed by atoms with Gasteiger partial charge in [0.05, 0.1) is 18.3 Å². The molecule has 1 saturated heterocycles. The predicted molar refractivity (Wildman–Crippen MR) is 165 cm³/mol. The number of aliphatic hydroxyl groups excluding tert-OH is 3. The number of aryl methyl sites for hydroxylation is 1. The van der Waals surface area contributed by atoms with Crippen molar-refractivity contribution in [2.24, 2.45) is 0 Å². The minimum absolute atomic E-state index is 0.0658. The molecule has 1 aromatic carbocycles. The van der Waals surface area contributed by atoms with Crippen LogP contribution in [0.15, 0.2) is 64.4 Å². The highest BCUT2D eigenvalue weighted by molar-refractivity contribution is 7.23. The molecular formula is C23H37N3O11P4. The zero-order valence-corrected chi connectivity index (χ0v) is 26.5. The largest absolute Gasteiger partial charge is 0.396 e. The van der Waals surface area contributed by atoms with E-state index >= 15 is 0 Å². The zero-order chi connectivity index (χ0) is 31.5. The molecule has 0 bridgehead atoms. The van der Waals surface area contributed by atoms with Crippen LogP contribution in [0.1, 0.15) is 23.9 Å². The lowest BCUT2D eigenvalue weighted by atomic mass is 10.0. The second-order valence-electron chi connectivity index (χ2n) is 7.99. The van der Waals surface area contributed by atoms with Crippen molar-refractivity contribution in [1.82, 2.24) is 14.1 Å². The van der Waals surface area contributed by atoms with E-state index in [1.807, 2.05) is 43.3 Å². The molecule has 7 unspecified atom stereocenters. The molecule has 1 aliphatic rings. The standard InChI is InChI=1S/C23H25N3O6.H3O2P.3H3OP/c1-14-2-4-15(5-3-14)16-6-9-24-17(12-16)13-26-19(28)7-10-25(23(26)31)22-21(30)20(29)18(32-22)8-11-27;1-3-2;3*1-2/h2-7,9-10,12,18,20-22,27,29-30H,8,11,13H2,1H3;1-3H;3*1H,2H2. The van der Waals surface area contributed by atoms with E-state index in [0.717, 1.165) is 25.8 Å². The van der Waals surface area contributed by atoms with E-state index in [1.165, 1.54) is 40.7 Å². The molecule has 1 aliphatic heterocycles. The number of pyridine rings is 1. The first-order valence-electron chi connectivity index (χ1n) is 11.6. The summed E-state index contributed by atoms with van der Waals surface area (Å²) in [7, 11) is 3.33. The first kappa shape index (κ1) is 39.4. The van der Waals surface area contributed by atoms with Crippen molar-refractivity contribution >= 4 is 37.4 Å². The van der Waals surface area contributed by atoms with E-state index in [2.05, 4.69) is 4.98 Å². The van der Waals surface area contributed by atoms with Crippen molar-refractivity contribution in [3.05, 3.63) is 87.0 Å². The van der Waals surface area contributed by atoms with Crippen LogP contribution >= 0.6 is 37.4 Å². The Bertz CT molecular complexity index is 1250. The monoisotopic (exact) mass is 655 g/mol. The van der Waals surface area contributed by atoms with Crippen LogP contribution in [0.3, 0.4) is 0 Å². The van der Waals surface area contributed by atoms with E-state index in [0.29, 0.717) is 5.69 Å². The molecule has 0 spiro atoms. The van der Waals surface area contributed by atoms with Gasteiger partial charge in [0.15, 0.2) is 6.23 Å². The summed E-state index contributed by atoms with van der Waals surface area (Å²) in [6.07, 6.45) is -1.66. The number of hydrogen-bond donors (Lipinski definition) is 8. The summed E-state index contributed by atoms with van der Waals surface area (Å²) in [5, 5.41) is 29.6. The van der Waals surface area contributed by atoms with Gasteiger partial charge in [0, 0.05) is 25.1 Å². The SMILES string of the molecule is Cc1ccc(-c2ccnc(Cn3c(=O)ccn(C4OC(CCO)C(O)C4O)c3=O)c2)cc1.OP.OP.OP.OPO. The van der Waals surface area contributed by atoms with Crippen LogP contribution in [0.4, 0.5) is 0 Å². The van der Waals surface area contributed by atoms with Crippen molar-refractivity contribution in [3.8, 4) is 11.1 Å². The molecule has 0 aliphatic carbocycles. The zero-order valence-electron chi connectivity index (χ0n) is 22.0. The van der Waals surface area contributed by atoms with Gasteiger partial charge in [-0.05, 0) is 65.0 Å². The lowest BCUT2D eigenvalue weighted by Gasteiger charge is -2.18. The summed E-state index contributed by atoms with van der Waals surface area (Å²) in [6, 6.07) is 12.9. The molecule has 1 fully saturated rings. The van der Waals surface area contributed by atoms with Crippen LogP contribution < -0.4 is 11.2 Å². The molecule has 14 nitrogen and oxygen atoms in total. The van der Waals surface area contributed by atoms with Crippen LogP contribution in [0.25, 0.3) is 11.1 Å². The van der Waals surface area contributed by atoms with Crippen molar-refractivity contribution in [1.29, 1.82) is 0 Å². The van der Waals surface area contributed by atoms with E-state index in [1.54, 1.807) is 6.20 Å². The summed E-state index contributed by atoms with van der Waals surface area (Å²) in [6.45, 7) is 1.70. The molecule has 18 heteroatoms. The number of aromatic nitrogens is 3. The van der Waals surface area contributed by atoms with Crippen LogP contribution in [-0.2, 0) is 11.3 Å². The third kappa shape index (κ3) is 11.5. The van der Waals surface area contributed by atoms with Gasteiger partial charge in [0.1, 0.15) is 21.2 Å². The number of rotatable bonds is 6. The van der Waals surface area contributed by atoms with Gasteiger partial charge >= 0.3 is 5.69 Å². The van der Waals surface area contributed by atoms with Crippen molar-refractivity contribution in [3.63, 3.8) is 0 Å². The minimum Gasteiger partial charge on any atom is -0.396 e. The molecule has 3 aromatic rings. The van der Waals surface area contributed by atoms with Gasteiger partial charge in [-0.1, -0.05) is 29.8 Å². The van der Waals surface area contributed by atoms with Gasteiger partial charge in [-0.15, -0.1) is 0 Å². The Kier molecular flexibility index (Phi) is 21.2. The smallest absolute Gasteiger partial charge is 0.333 e. The third-order valence-corrected chi connectivity index (χ3v) is 5.64. The quantitative estimate of drug-likeness (QED) is 0.153. The van der Waals surface area contributed by atoms with Gasteiger partial charge in [-0.3, -0.25) is 18.9 Å². The van der Waals surface area contributed by atoms with Crippen LogP contribution in [0, 0.1) is 6.92 Å². The maximum atomic E-state index is 13.1. The second kappa shape index (κ2) is 22.0. The molecule has 4 rings (SSSR count). The third-order valence-electron chi connectivity index (χ3n) is 5.64. The van der Waals surface area contributed by atoms with Crippen molar-refractivity contribution < 1.29 is 44.5 Å². The Morgan fingerprint density at radius 2 is 1.51 bits per heavy atom. The number of aliphatic hydroxyl groups is 3. The number of nitrogens with zero attached hydrogens (tertiary/aromatic N) is 3. The minimum atomic E-state index is -1.38. The molecule has 41 heavy (non-hydrogen) atoms. The Morgan fingerprint density at radius 3 is 2.07 bits per heavy atom. The molecule has 0 saturated carbocycles. The molecule has 0 radical (unpaired) electrons. The van der Waals surface area contributed by atoms with E-state index in [9.17, 15) is 19.8 Å². The average molecular weight is 655 g/mol. The van der Waals surface area contributed by atoms with Gasteiger partial charge < -0.3 is 44.5 Å². The maximum absolute atomic E-state index is 13.1. The van der Waals surface area contributed by atoms with Gasteiger partial charge in [-0.25, -0.2) is 4.79 Å². The molecule has 8 N–H and O–H groups in total. The number of hydrogen-bond acceptors (Lipinski definition) is 12. The fourth-order valence-corrected chi connectivity index (χ4v) is 3.85. The Hall–Kier alpha value is -1.59. The molecule has 230 valence electrons. The summed E-state index contributed by atoms with van der Waals surface area (Å²) in [4.78, 5) is 64.9. The highest BCUT2D eigenvalue weighted by atomic mass is 31.1. The molecule has 7 atom stereocenters. The topological polar surface area (TPSA) is 228 Å². The van der Waals surface area contributed by atoms with Gasteiger partial charge in [0.25, 0.3) is 5.56 Å². The average Bonchev–Trinajstić information content (AvgIpc) is 3.28. The Labute approximate surface area is 245 Å². The maximum Gasteiger partial charge on any atom is 0.333 e. The summed E-state index contributed by atoms with van der Waals surface area (Å²) >= 11 is 0. The first-order valence-corrected chi connectivity index (χ1v) is 14.0. The Balaban J connectivity index is 0.00000161. The molecule has 2 aromatic heterocycles. The number of benzene rings is 1. The van der Waals surface area contributed by atoms with Crippen LogP contribution in [-0.4, -0.2) is 78.8 Å². The van der Waals surface area contributed by atoms with Crippen molar-refractivity contribution in [2.75, 3.05) is 6.61 Å². The lowest BCUT2D eigenvalue weighted by molar-refractivity contribution is -0.0458. The van der Waals surface area contributed by atoms with Crippen LogP contribution in [0.5, 0.6) is 0 Å². The fourth-order valence-electron chi connectivity index (χ4n) is 3.85. The van der Waals surface area contributed by atoms with E-state index in [-0.39, 0.29) is 19.6 Å². The molecule has 0 amide bonds. The summed E-state index contributed by atoms with van der Waals surface area (Å²) in [5.74, 6) is 0. The van der Waals surface area contributed by atoms with E-state index < -0.39 is 44.8 Å². The predicted octanol–water partition coefficient (Wildman–Crippen LogP) is -0.784. The molecular weight excluding hydrogens is 618 g/mol. The summed E-state index contributed by atoms with van der Waals surface area (Å²) in [5.41, 5.74) is 2.34. The first-order chi connectivity index (χ1) is 19.8. The van der Waals surface area contributed by atoms with Crippen LogP contribution in [0.2, 0.25) is 0 Å². The second-order valence-corrected chi connectivity index (χ2v) is 8.19. The van der Waals surface area contributed by atoms with Gasteiger partial charge in [0.2, 0.25) is 0 Å². The van der Waals surface area contributed by atoms with Crippen molar-refractivity contribution in [2.45, 2.75) is 44.4 Å². The highest BCUT2D eigenvalue weighted by Gasteiger charge is 2.43.